The number of fused-ring (bicyclic) bond motifs is 1. The molecule has 0 amide bonds. The van der Waals surface area contributed by atoms with Gasteiger partial charge in [0.15, 0.2) is 0 Å². The van der Waals surface area contributed by atoms with Crippen LogP contribution in [0.25, 0.3) is 27.8 Å². The number of benzene rings is 2. The summed E-state index contributed by atoms with van der Waals surface area (Å²) in [6.45, 7) is 3.02. The summed E-state index contributed by atoms with van der Waals surface area (Å²) >= 11 is 0. The third-order valence-electron chi connectivity index (χ3n) is 5.56. The number of nitrogens with zero attached hydrogens (tertiary/aromatic N) is 7. The van der Waals surface area contributed by atoms with E-state index in [0.29, 0.717) is 19.2 Å². The fourth-order valence-electron chi connectivity index (χ4n) is 3.78. The lowest BCUT2D eigenvalue weighted by Crippen LogP contribution is -2.37. The van der Waals surface area contributed by atoms with Gasteiger partial charge < -0.3 is 15.0 Å². The van der Waals surface area contributed by atoms with E-state index in [2.05, 4.69) is 40.5 Å². The van der Waals surface area contributed by atoms with Crippen molar-refractivity contribution < 1.29 is 4.74 Å². The zero-order valence-electron chi connectivity index (χ0n) is 17.7. The van der Waals surface area contributed by atoms with Gasteiger partial charge >= 0.3 is 0 Å². The third-order valence-corrected chi connectivity index (χ3v) is 5.56. The van der Waals surface area contributed by atoms with Gasteiger partial charge in [0.25, 0.3) is 0 Å². The molecule has 1 fully saturated rings. The number of ether oxygens (including phenoxy) is 1. The zero-order chi connectivity index (χ0) is 22.0. The Morgan fingerprint density at radius 2 is 1.85 bits per heavy atom. The zero-order valence-corrected chi connectivity index (χ0v) is 17.7. The molecule has 0 atom stereocenters. The van der Waals surface area contributed by atoms with E-state index in [9.17, 15) is 0 Å². The van der Waals surface area contributed by atoms with Gasteiger partial charge in [0, 0.05) is 42.1 Å². The molecule has 0 radical (unpaired) electrons. The summed E-state index contributed by atoms with van der Waals surface area (Å²) in [5.74, 6) is 1.26. The quantitative estimate of drug-likeness (QED) is 0.430. The maximum Gasteiger partial charge on any atom is 0.245 e. The van der Waals surface area contributed by atoms with Crippen LogP contribution in [0.3, 0.4) is 0 Å². The first-order valence-electron chi connectivity index (χ1n) is 10.7. The van der Waals surface area contributed by atoms with Gasteiger partial charge in [0.05, 0.1) is 30.1 Å². The van der Waals surface area contributed by atoms with Gasteiger partial charge in [-0.15, -0.1) is 5.10 Å². The van der Waals surface area contributed by atoms with Gasteiger partial charge in [0.1, 0.15) is 6.33 Å². The van der Waals surface area contributed by atoms with E-state index in [-0.39, 0.29) is 0 Å². The number of rotatable bonds is 5. The molecule has 164 valence electrons. The highest BCUT2D eigenvalue weighted by molar-refractivity contribution is 5.84. The molecule has 33 heavy (non-hydrogen) atoms. The molecule has 0 unspecified atom stereocenters. The average molecular weight is 439 g/mol. The fourth-order valence-corrected chi connectivity index (χ4v) is 3.78. The average Bonchev–Trinajstić information content (AvgIpc) is 3.58. The van der Waals surface area contributed by atoms with Crippen molar-refractivity contribution in [3.63, 3.8) is 0 Å². The van der Waals surface area contributed by atoms with Gasteiger partial charge in [-0.3, -0.25) is 5.10 Å². The lowest BCUT2D eigenvalue weighted by molar-refractivity contribution is 0.122. The topological polar surface area (TPSA) is 110 Å². The summed E-state index contributed by atoms with van der Waals surface area (Å²) in [5.41, 5.74) is 4.64. The maximum absolute atomic E-state index is 5.40. The number of H-pyrrole nitrogens is 1. The highest BCUT2D eigenvalue weighted by Crippen LogP contribution is 2.23. The van der Waals surface area contributed by atoms with Crippen LogP contribution in [-0.4, -0.2) is 61.2 Å². The van der Waals surface area contributed by atoms with Crippen LogP contribution >= 0.6 is 0 Å². The van der Waals surface area contributed by atoms with Crippen LogP contribution in [0.15, 0.2) is 67.3 Å². The van der Waals surface area contributed by atoms with Crippen LogP contribution in [-0.2, 0) is 4.74 Å². The smallest absolute Gasteiger partial charge is 0.245 e. The van der Waals surface area contributed by atoms with Crippen LogP contribution in [0.4, 0.5) is 17.6 Å². The van der Waals surface area contributed by atoms with Crippen LogP contribution in [0.1, 0.15) is 0 Å². The van der Waals surface area contributed by atoms with Gasteiger partial charge in [-0.05, 0) is 36.4 Å². The van der Waals surface area contributed by atoms with Crippen LogP contribution < -0.4 is 10.2 Å². The number of anilines is 3. The van der Waals surface area contributed by atoms with Crippen molar-refractivity contribution in [1.82, 2.24) is 34.9 Å². The van der Waals surface area contributed by atoms with Crippen molar-refractivity contribution >= 4 is 28.5 Å². The molecule has 0 saturated carbocycles. The number of morpholine rings is 1. The molecule has 10 heteroatoms. The normalized spacial score (nSPS) is 14.0. The Balaban J connectivity index is 1.19. The number of nitrogens with one attached hydrogen (secondary N) is 2. The van der Waals surface area contributed by atoms with Crippen molar-refractivity contribution in [3.8, 4) is 16.9 Å². The molecule has 2 aromatic carbocycles. The molecule has 1 aliphatic rings. The Labute approximate surface area is 189 Å². The van der Waals surface area contributed by atoms with E-state index in [1.165, 1.54) is 0 Å². The Morgan fingerprint density at radius 3 is 2.67 bits per heavy atom. The fraction of sp³-hybridized carbons (Fsp3) is 0.174. The molecule has 0 aliphatic carbocycles. The van der Waals surface area contributed by atoms with Gasteiger partial charge in [-0.25, -0.2) is 14.6 Å². The first-order chi connectivity index (χ1) is 16.3. The van der Waals surface area contributed by atoms with E-state index in [1.807, 2.05) is 54.7 Å². The summed E-state index contributed by atoms with van der Waals surface area (Å²) in [7, 11) is 0. The standard InChI is InChI=1S/C23H21N9O/c1-2-17-14-24-22(28-21(17)13-16(1)20-7-8-26-29-20)27-18-3-5-19(6-4-18)32-15-25-23(30-32)31-9-11-33-12-10-31/h1-8,13-15H,9-12H2,(H,26,29)(H,24,27,28). The summed E-state index contributed by atoms with van der Waals surface area (Å²) in [5, 5.41) is 15.9. The molecule has 3 aromatic heterocycles. The summed E-state index contributed by atoms with van der Waals surface area (Å²) < 4.78 is 7.17. The van der Waals surface area contributed by atoms with Gasteiger partial charge in [-0.1, -0.05) is 12.1 Å². The molecule has 0 bridgehead atoms. The summed E-state index contributed by atoms with van der Waals surface area (Å²) in [6, 6.07) is 15.9. The van der Waals surface area contributed by atoms with Crippen molar-refractivity contribution in [3.05, 3.63) is 67.3 Å². The van der Waals surface area contributed by atoms with E-state index in [4.69, 9.17) is 4.74 Å². The second kappa shape index (κ2) is 8.32. The second-order valence-corrected chi connectivity index (χ2v) is 7.70. The third kappa shape index (κ3) is 3.99. The highest BCUT2D eigenvalue weighted by atomic mass is 16.5. The minimum atomic E-state index is 0.535. The SMILES string of the molecule is c1cc(-c2ccc3cnc(Nc4ccc(-n5cnc(N6CCOCC6)n5)cc4)nc3c2)[nH]n1. The Morgan fingerprint density at radius 1 is 0.970 bits per heavy atom. The molecule has 6 rings (SSSR count). The van der Waals surface area contributed by atoms with E-state index in [0.717, 1.165) is 52.6 Å². The molecule has 4 heterocycles. The van der Waals surface area contributed by atoms with E-state index in [1.54, 1.807) is 17.2 Å². The Bertz CT molecular complexity index is 1370. The minimum absolute atomic E-state index is 0.535. The van der Waals surface area contributed by atoms with Crippen LogP contribution in [0.2, 0.25) is 0 Å². The maximum atomic E-state index is 5.40. The lowest BCUT2D eigenvalue weighted by atomic mass is 10.1. The molecule has 2 N–H and O–H groups in total. The Kier molecular flexibility index (Phi) is 4.89. The van der Waals surface area contributed by atoms with Crippen molar-refractivity contribution in [2.75, 3.05) is 36.5 Å². The number of aromatic amines is 1. The van der Waals surface area contributed by atoms with Crippen molar-refractivity contribution in [2.45, 2.75) is 0 Å². The minimum Gasteiger partial charge on any atom is -0.378 e. The molecule has 5 aromatic rings. The number of hydrogen-bond donors (Lipinski definition) is 2. The molecular formula is C23H21N9O. The predicted molar refractivity (Wildman–Crippen MR) is 125 cm³/mol. The Hall–Kier alpha value is -4.31. The first kappa shape index (κ1) is 19.4. The summed E-state index contributed by atoms with van der Waals surface area (Å²) in [4.78, 5) is 15.7. The second-order valence-electron chi connectivity index (χ2n) is 7.70. The predicted octanol–water partition coefficient (Wildman–Crippen LogP) is 3.18. The van der Waals surface area contributed by atoms with Crippen molar-refractivity contribution in [2.24, 2.45) is 0 Å². The lowest BCUT2D eigenvalue weighted by Gasteiger charge is -2.25. The van der Waals surface area contributed by atoms with Gasteiger partial charge in [-0.2, -0.15) is 10.1 Å². The number of hydrogen-bond acceptors (Lipinski definition) is 8. The van der Waals surface area contributed by atoms with Crippen LogP contribution in [0, 0.1) is 0 Å². The monoisotopic (exact) mass is 439 g/mol. The molecule has 0 spiro atoms. The first-order valence-corrected chi connectivity index (χ1v) is 10.7. The van der Waals surface area contributed by atoms with Gasteiger partial charge in [0.2, 0.25) is 11.9 Å². The summed E-state index contributed by atoms with van der Waals surface area (Å²) in [6.07, 6.45) is 5.29. The highest BCUT2D eigenvalue weighted by Gasteiger charge is 2.15. The van der Waals surface area contributed by atoms with Crippen LogP contribution in [0.5, 0.6) is 0 Å². The molecule has 1 saturated heterocycles. The molecule has 1 aliphatic heterocycles. The largest absolute Gasteiger partial charge is 0.378 e. The van der Waals surface area contributed by atoms with E-state index < -0.39 is 0 Å². The van der Waals surface area contributed by atoms with Crippen molar-refractivity contribution in [1.29, 1.82) is 0 Å². The molecular weight excluding hydrogens is 418 g/mol. The molecule has 10 nitrogen and oxygen atoms in total. The number of aromatic nitrogens is 7. The van der Waals surface area contributed by atoms with E-state index >= 15 is 0 Å².